The number of rotatable bonds is 9. The quantitative estimate of drug-likeness (QED) is 0.504. The van der Waals surface area contributed by atoms with Crippen molar-refractivity contribution in [3.63, 3.8) is 0 Å². The predicted molar refractivity (Wildman–Crippen MR) is 129 cm³/mol. The van der Waals surface area contributed by atoms with Crippen LogP contribution in [0.25, 0.3) is 11.1 Å². The van der Waals surface area contributed by atoms with Gasteiger partial charge < -0.3 is 34.6 Å². The van der Waals surface area contributed by atoms with Crippen molar-refractivity contribution >= 4 is 11.6 Å². The molecule has 0 aromatic heterocycles. The maximum Gasteiger partial charge on any atom is 0.217 e. The molecule has 0 bridgehead atoms. The molecule has 0 aliphatic heterocycles. The number of hydrogen-bond acceptors (Lipinski definition) is 8. The van der Waals surface area contributed by atoms with Crippen LogP contribution >= 0.6 is 0 Å². The highest BCUT2D eigenvalue weighted by Crippen LogP contribution is 2.50. The highest BCUT2D eigenvalue weighted by Gasteiger charge is 2.29. The molecule has 0 fully saturated rings. The molecule has 2 aromatic rings. The maximum atomic E-state index is 13.3. The fourth-order valence-corrected chi connectivity index (χ4v) is 4.55. The third kappa shape index (κ3) is 4.95. The van der Waals surface area contributed by atoms with Crippen molar-refractivity contribution in [2.24, 2.45) is 0 Å². The van der Waals surface area contributed by atoms with Gasteiger partial charge in [-0.2, -0.15) is 0 Å². The summed E-state index contributed by atoms with van der Waals surface area (Å²) in [6.07, 6.45) is 1.17. The van der Waals surface area contributed by atoms with E-state index in [9.17, 15) is 19.8 Å². The lowest BCUT2D eigenvalue weighted by Gasteiger charge is -2.21. The molecule has 1 atom stereocenters. The number of carbonyl (C=O) groups is 1. The van der Waals surface area contributed by atoms with Gasteiger partial charge in [0.05, 0.1) is 46.3 Å². The lowest BCUT2D eigenvalue weighted by atomic mass is 9.95. The molecule has 34 heavy (non-hydrogen) atoms. The SMILES string of the molecule is COc1cc2c(c(OC)c1OC)-c1ccc(N(CCO)CCO)c(=O)cc1[C@H](NC(C)=O)CC2. The maximum absolute atomic E-state index is 13.3. The summed E-state index contributed by atoms with van der Waals surface area (Å²) in [7, 11) is 4.64. The summed E-state index contributed by atoms with van der Waals surface area (Å²) in [5.74, 6) is 1.24. The van der Waals surface area contributed by atoms with Gasteiger partial charge in [-0.1, -0.05) is 6.07 Å². The van der Waals surface area contributed by atoms with Crippen molar-refractivity contribution in [2.45, 2.75) is 25.8 Å². The topological polar surface area (TPSA) is 118 Å². The van der Waals surface area contributed by atoms with E-state index in [0.717, 1.165) is 16.7 Å². The largest absolute Gasteiger partial charge is 0.493 e. The van der Waals surface area contributed by atoms with Gasteiger partial charge in [0.15, 0.2) is 11.5 Å². The predicted octanol–water partition coefficient (Wildman–Crippen LogP) is 1.65. The zero-order valence-electron chi connectivity index (χ0n) is 20.0. The van der Waals surface area contributed by atoms with Gasteiger partial charge in [-0.25, -0.2) is 0 Å². The van der Waals surface area contributed by atoms with Crippen LogP contribution in [0.3, 0.4) is 0 Å². The Kier molecular flexibility index (Phi) is 8.36. The van der Waals surface area contributed by atoms with Crippen LogP contribution in [0.1, 0.15) is 30.5 Å². The number of nitrogens with zero attached hydrogens (tertiary/aromatic N) is 1. The number of carbonyl (C=O) groups excluding carboxylic acids is 1. The Morgan fingerprint density at radius 3 is 2.29 bits per heavy atom. The zero-order chi connectivity index (χ0) is 24.8. The highest BCUT2D eigenvalue weighted by atomic mass is 16.5. The van der Waals surface area contributed by atoms with Crippen LogP contribution in [0.4, 0.5) is 5.69 Å². The fraction of sp³-hybridized carbons (Fsp3) is 0.440. The lowest BCUT2D eigenvalue weighted by Crippen LogP contribution is -2.33. The molecule has 1 aliphatic rings. The summed E-state index contributed by atoms with van der Waals surface area (Å²) in [6, 6.07) is 6.52. The molecule has 9 nitrogen and oxygen atoms in total. The standard InChI is InChI=1S/C25H32N2O7/c1-15(30)26-19-7-5-16-13-22(32-2)24(33-3)25(34-4)23(16)17-6-8-20(21(31)14-18(17)19)27(9-11-28)10-12-29/h6,8,13-14,19,28-29H,5,7,9-12H2,1-4H3,(H,26,30)/t19-/m1/s1. The van der Waals surface area contributed by atoms with Crippen LogP contribution in [0.15, 0.2) is 29.1 Å². The molecule has 1 aliphatic carbocycles. The van der Waals surface area contributed by atoms with Gasteiger partial charge in [-0.15, -0.1) is 0 Å². The number of nitrogens with one attached hydrogen (secondary N) is 1. The molecular weight excluding hydrogens is 440 g/mol. The molecule has 0 unspecified atom stereocenters. The summed E-state index contributed by atoms with van der Waals surface area (Å²) in [5.41, 5.74) is 3.15. The van der Waals surface area contributed by atoms with Gasteiger partial charge in [0.1, 0.15) is 0 Å². The minimum Gasteiger partial charge on any atom is -0.493 e. The number of anilines is 1. The Labute approximate surface area is 198 Å². The van der Waals surface area contributed by atoms with E-state index in [1.807, 2.05) is 12.1 Å². The molecule has 0 spiro atoms. The molecule has 2 aromatic carbocycles. The number of aryl methyl sites for hydroxylation is 1. The van der Waals surface area contributed by atoms with Crippen LogP contribution in [0, 0.1) is 0 Å². The smallest absolute Gasteiger partial charge is 0.217 e. The Bertz CT molecular complexity index is 1100. The third-order valence-electron chi connectivity index (χ3n) is 5.97. The van der Waals surface area contributed by atoms with Gasteiger partial charge in [-0.05, 0) is 47.7 Å². The number of hydrogen-bond donors (Lipinski definition) is 3. The first-order valence-electron chi connectivity index (χ1n) is 11.1. The monoisotopic (exact) mass is 472 g/mol. The van der Waals surface area contributed by atoms with Gasteiger partial charge in [-0.3, -0.25) is 9.59 Å². The number of fused-ring (bicyclic) bond motifs is 3. The zero-order valence-corrected chi connectivity index (χ0v) is 20.0. The second kappa shape index (κ2) is 11.2. The normalized spacial score (nSPS) is 14.4. The molecular formula is C25H32N2O7. The van der Waals surface area contributed by atoms with Crippen molar-refractivity contribution in [3.05, 3.63) is 45.6 Å². The lowest BCUT2D eigenvalue weighted by molar-refractivity contribution is -0.119. The second-order valence-electron chi connectivity index (χ2n) is 8.00. The fourth-order valence-electron chi connectivity index (χ4n) is 4.55. The van der Waals surface area contributed by atoms with E-state index in [1.165, 1.54) is 20.1 Å². The molecule has 0 saturated carbocycles. The Morgan fingerprint density at radius 1 is 1.06 bits per heavy atom. The Morgan fingerprint density at radius 2 is 1.74 bits per heavy atom. The summed E-state index contributed by atoms with van der Waals surface area (Å²) >= 11 is 0. The number of aliphatic hydroxyl groups excluding tert-OH is 2. The highest BCUT2D eigenvalue weighted by molar-refractivity contribution is 5.83. The van der Waals surface area contributed by atoms with E-state index in [-0.39, 0.29) is 37.6 Å². The van der Waals surface area contributed by atoms with Crippen LogP contribution in [-0.4, -0.2) is 63.8 Å². The minimum atomic E-state index is -0.404. The van der Waals surface area contributed by atoms with Crippen LogP contribution in [-0.2, 0) is 11.2 Å². The summed E-state index contributed by atoms with van der Waals surface area (Å²) < 4.78 is 16.9. The molecule has 184 valence electrons. The second-order valence-corrected chi connectivity index (χ2v) is 8.00. The molecule has 0 heterocycles. The first kappa shape index (κ1) is 25.3. The Hall–Kier alpha value is -3.30. The Balaban J connectivity index is 2.37. The van der Waals surface area contributed by atoms with E-state index >= 15 is 0 Å². The van der Waals surface area contributed by atoms with Crippen molar-refractivity contribution < 1.29 is 29.2 Å². The number of amides is 1. The first-order chi connectivity index (χ1) is 16.4. The summed E-state index contributed by atoms with van der Waals surface area (Å²) in [4.78, 5) is 27.0. The number of benzene rings is 1. The summed E-state index contributed by atoms with van der Waals surface area (Å²) in [6.45, 7) is 1.51. The molecule has 9 heteroatoms. The molecule has 0 saturated heterocycles. The van der Waals surface area contributed by atoms with Crippen molar-refractivity contribution in [2.75, 3.05) is 52.5 Å². The van der Waals surface area contributed by atoms with E-state index in [2.05, 4.69) is 5.32 Å². The van der Waals surface area contributed by atoms with Gasteiger partial charge in [0.2, 0.25) is 17.1 Å². The van der Waals surface area contributed by atoms with Gasteiger partial charge in [0.25, 0.3) is 0 Å². The van der Waals surface area contributed by atoms with Crippen molar-refractivity contribution in [1.29, 1.82) is 0 Å². The van der Waals surface area contributed by atoms with E-state index < -0.39 is 6.04 Å². The molecule has 3 rings (SSSR count). The minimum absolute atomic E-state index is 0.167. The average molecular weight is 473 g/mol. The van der Waals surface area contributed by atoms with E-state index in [0.29, 0.717) is 41.3 Å². The first-order valence-corrected chi connectivity index (χ1v) is 11.1. The number of aliphatic hydroxyl groups is 2. The van der Waals surface area contributed by atoms with E-state index in [4.69, 9.17) is 14.2 Å². The van der Waals surface area contributed by atoms with Gasteiger partial charge in [0, 0.05) is 25.6 Å². The molecule has 0 radical (unpaired) electrons. The van der Waals surface area contributed by atoms with E-state index in [1.54, 1.807) is 25.2 Å². The van der Waals surface area contributed by atoms with Crippen molar-refractivity contribution in [3.8, 4) is 28.4 Å². The van der Waals surface area contributed by atoms with Gasteiger partial charge >= 0.3 is 0 Å². The van der Waals surface area contributed by atoms with Crippen LogP contribution < -0.4 is 29.9 Å². The number of ether oxygens (including phenoxy) is 3. The number of methoxy groups -OCH3 is 3. The molecule has 1 amide bonds. The third-order valence-corrected chi connectivity index (χ3v) is 5.97. The molecule has 3 N–H and O–H groups in total. The van der Waals surface area contributed by atoms with Crippen molar-refractivity contribution in [1.82, 2.24) is 5.32 Å². The van der Waals surface area contributed by atoms with Crippen LogP contribution in [0.2, 0.25) is 0 Å². The summed E-state index contributed by atoms with van der Waals surface area (Å²) in [5, 5.41) is 21.9. The van der Waals surface area contributed by atoms with Crippen LogP contribution in [0.5, 0.6) is 17.2 Å². The average Bonchev–Trinajstić information content (AvgIpc) is 3.06.